The summed E-state index contributed by atoms with van der Waals surface area (Å²) >= 11 is 0. The molecule has 0 radical (unpaired) electrons. The molecule has 30 heavy (non-hydrogen) atoms. The molecule has 0 unspecified atom stereocenters. The maximum Gasteiger partial charge on any atom is 0.181 e. The van der Waals surface area contributed by atoms with Crippen LogP contribution in [0.25, 0.3) is 44.5 Å². The lowest BCUT2D eigenvalue weighted by Crippen LogP contribution is -1.96. The van der Waals surface area contributed by atoms with Crippen molar-refractivity contribution in [1.29, 1.82) is 0 Å². The molecule has 0 fully saturated rings. The van der Waals surface area contributed by atoms with Gasteiger partial charge in [0, 0.05) is 34.0 Å². The molecule has 3 N–H and O–H groups in total. The Labute approximate surface area is 175 Å². The second-order valence-corrected chi connectivity index (χ2v) is 7.60. The van der Waals surface area contributed by atoms with E-state index in [-0.39, 0.29) is 0 Å². The fourth-order valence-electron chi connectivity index (χ4n) is 4.20. The van der Waals surface area contributed by atoms with E-state index in [0.29, 0.717) is 5.65 Å². The van der Waals surface area contributed by atoms with Gasteiger partial charge in [0.1, 0.15) is 0 Å². The SMILES string of the molecule is Cc1cccc(C)c1-c1cccc(N)c1-c1cnc2n[nH]c(-c3ccccc3)c2c1. The number of hydrogen-bond donors (Lipinski definition) is 2. The zero-order valence-corrected chi connectivity index (χ0v) is 17.0. The minimum Gasteiger partial charge on any atom is -0.398 e. The third kappa shape index (κ3) is 2.94. The molecule has 2 heterocycles. The first kappa shape index (κ1) is 18.1. The molecule has 0 aliphatic carbocycles. The van der Waals surface area contributed by atoms with E-state index in [2.05, 4.69) is 71.5 Å². The van der Waals surface area contributed by atoms with Crippen LogP contribution < -0.4 is 5.73 Å². The van der Waals surface area contributed by atoms with Crippen LogP contribution in [0.4, 0.5) is 5.69 Å². The van der Waals surface area contributed by atoms with Gasteiger partial charge in [-0.2, -0.15) is 5.10 Å². The average Bonchev–Trinajstić information content (AvgIpc) is 3.18. The molecule has 0 bridgehead atoms. The third-order valence-corrected chi connectivity index (χ3v) is 5.61. The lowest BCUT2D eigenvalue weighted by Gasteiger charge is -2.17. The second kappa shape index (κ2) is 7.16. The van der Waals surface area contributed by atoms with Gasteiger partial charge in [-0.1, -0.05) is 60.7 Å². The zero-order valence-electron chi connectivity index (χ0n) is 17.0. The van der Waals surface area contributed by atoms with Crippen molar-refractivity contribution in [3.63, 3.8) is 0 Å². The molecule has 0 aliphatic rings. The first-order valence-corrected chi connectivity index (χ1v) is 9.98. The summed E-state index contributed by atoms with van der Waals surface area (Å²) in [5, 5.41) is 8.52. The van der Waals surface area contributed by atoms with Gasteiger partial charge in [0.2, 0.25) is 0 Å². The van der Waals surface area contributed by atoms with Crippen molar-refractivity contribution in [2.45, 2.75) is 13.8 Å². The van der Waals surface area contributed by atoms with Crippen molar-refractivity contribution in [2.75, 3.05) is 5.73 Å². The monoisotopic (exact) mass is 390 g/mol. The largest absolute Gasteiger partial charge is 0.398 e. The number of nitrogens with two attached hydrogens (primary N) is 1. The third-order valence-electron chi connectivity index (χ3n) is 5.61. The van der Waals surface area contributed by atoms with Gasteiger partial charge in [0.25, 0.3) is 0 Å². The van der Waals surface area contributed by atoms with Crippen molar-refractivity contribution in [3.05, 3.63) is 90.1 Å². The lowest BCUT2D eigenvalue weighted by atomic mass is 9.89. The number of pyridine rings is 1. The number of fused-ring (bicyclic) bond motifs is 1. The Morgan fingerprint density at radius 3 is 2.27 bits per heavy atom. The standard InChI is InChI=1S/C26H22N4/c1-16-8-6-9-17(2)23(16)20-12-7-13-22(27)24(20)19-14-21-25(18-10-4-3-5-11-18)29-30-26(21)28-15-19/h3-15H,27H2,1-2H3,(H,28,29,30). The first-order valence-electron chi connectivity index (χ1n) is 9.98. The number of rotatable bonds is 3. The predicted molar refractivity (Wildman–Crippen MR) is 124 cm³/mol. The molecule has 5 aromatic rings. The smallest absolute Gasteiger partial charge is 0.181 e. The maximum absolute atomic E-state index is 6.51. The molecule has 0 aliphatic heterocycles. The van der Waals surface area contributed by atoms with E-state index in [1.54, 1.807) is 0 Å². The molecule has 0 saturated heterocycles. The molecule has 0 spiro atoms. The van der Waals surface area contributed by atoms with Crippen LogP contribution in [-0.2, 0) is 0 Å². The van der Waals surface area contributed by atoms with Crippen LogP contribution in [0.1, 0.15) is 11.1 Å². The van der Waals surface area contributed by atoms with E-state index in [4.69, 9.17) is 5.73 Å². The molecule has 0 amide bonds. The number of nitrogens with zero attached hydrogens (tertiary/aromatic N) is 2. The average molecular weight is 390 g/mol. The van der Waals surface area contributed by atoms with E-state index in [1.807, 2.05) is 36.5 Å². The normalized spacial score (nSPS) is 11.1. The molecule has 0 atom stereocenters. The van der Waals surface area contributed by atoms with Crippen molar-refractivity contribution in [1.82, 2.24) is 15.2 Å². The fourth-order valence-corrected chi connectivity index (χ4v) is 4.20. The van der Waals surface area contributed by atoms with E-state index in [9.17, 15) is 0 Å². The lowest BCUT2D eigenvalue weighted by molar-refractivity contribution is 1.10. The number of nitrogens with one attached hydrogen (secondary N) is 1. The molecule has 3 aromatic carbocycles. The van der Waals surface area contributed by atoms with Crippen LogP contribution >= 0.6 is 0 Å². The number of nitrogen functional groups attached to an aromatic ring is 1. The first-order chi connectivity index (χ1) is 14.6. The van der Waals surface area contributed by atoms with Gasteiger partial charge in [-0.05, 0) is 48.2 Å². The number of aromatic amines is 1. The molecule has 4 heteroatoms. The number of hydrogen-bond acceptors (Lipinski definition) is 3. The summed E-state index contributed by atoms with van der Waals surface area (Å²) in [5.74, 6) is 0. The highest BCUT2D eigenvalue weighted by molar-refractivity contribution is 5.98. The number of aromatic nitrogens is 3. The van der Waals surface area contributed by atoms with Crippen LogP contribution in [-0.4, -0.2) is 15.2 Å². The van der Waals surface area contributed by atoms with Gasteiger partial charge in [-0.3, -0.25) is 5.10 Å². The van der Waals surface area contributed by atoms with Gasteiger partial charge in [0.05, 0.1) is 5.69 Å². The molecule has 2 aromatic heterocycles. The topological polar surface area (TPSA) is 67.6 Å². The van der Waals surface area contributed by atoms with Crippen molar-refractivity contribution in [3.8, 4) is 33.5 Å². The van der Waals surface area contributed by atoms with Crippen LogP contribution in [0.5, 0.6) is 0 Å². The zero-order chi connectivity index (χ0) is 20.7. The van der Waals surface area contributed by atoms with E-state index < -0.39 is 0 Å². The Morgan fingerprint density at radius 1 is 0.767 bits per heavy atom. The van der Waals surface area contributed by atoms with E-state index in [0.717, 1.165) is 39.0 Å². The summed E-state index contributed by atoms with van der Waals surface area (Å²) in [7, 11) is 0. The summed E-state index contributed by atoms with van der Waals surface area (Å²) in [6.07, 6.45) is 1.86. The maximum atomic E-state index is 6.51. The molecule has 4 nitrogen and oxygen atoms in total. The summed E-state index contributed by atoms with van der Waals surface area (Å²) in [4.78, 5) is 4.63. The van der Waals surface area contributed by atoms with Crippen LogP contribution in [0.15, 0.2) is 79.0 Å². The van der Waals surface area contributed by atoms with Crippen LogP contribution in [0.2, 0.25) is 0 Å². The Hall–Kier alpha value is -3.92. The van der Waals surface area contributed by atoms with Crippen molar-refractivity contribution >= 4 is 16.7 Å². The molecular formula is C26H22N4. The number of anilines is 1. The molecule has 5 rings (SSSR count). The predicted octanol–water partition coefficient (Wildman–Crippen LogP) is 6.16. The summed E-state index contributed by atoms with van der Waals surface area (Å²) < 4.78 is 0. The quantitative estimate of drug-likeness (QED) is 0.363. The van der Waals surface area contributed by atoms with Gasteiger partial charge in [0.15, 0.2) is 5.65 Å². The van der Waals surface area contributed by atoms with Gasteiger partial charge >= 0.3 is 0 Å². The number of aryl methyl sites for hydroxylation is 2. The highest BCUT2D eigenvalue weighted by atomic mass is 15.1. The second-order valence-electron chi connectivity index (χ2n) is 7.60. The fraction of sp³-hybridized carbons (Fsp3) is 0.0769. The van der Waals surface area contributed by atoms with Gasteiger partial charge < -0.3 is 5.73 Å². The van der Waals surface area contributed by atoms with Crippen LogP contribution in [0, 0.1) is 13.8 Å². The summed E-state index contributed by atoms with van der Waals surface area (Å²) in [6.45, 7) is 4.28. The van der Waals surface area contributed by atoms with Crippen molar-refractivity contribution in [2.24, 2.45) is 0 Å². The Kier molecular flexibility index (Phi) is 4.32. The minimum atomic E-state index is 0.695. The van der Waals surface area contributed by atoms with Gasteiger partial charge in [-0.25, -0.2) is 4.98 Å². The molecular weight excluding hydrogens is 368 g/mol. The molecule has 0 saturated carbocycles. The Morgan fingerprint density at radius 2 is 1.50 bits per heavy atom. The Bertz CT molecular complexity index is 1350. The highest BCUT2D eigenvalue weighted by Gasteiger charge is 2.17. The van der Waals surface area contributed by atoms with E-state index in [1.165, 1.54) is 16.7 Å². The number of benzene rings is 3. The summed E-state index contributed by atoms with van der Waals surface area (Å²) in [6, 6.07) is 24.8. The molecule has 146 valence electrons. The van der Waals surface area contributed by atoms with Gasteiger partial charge in [-0.15, -0.1) is 0 Å². The minimum absolute atomic E-state index is 0.695. The Balaban J connectivity index is 1.76. The van der Waals surface area contributed by atoms with Crippen LogP contribution in [0.3, 0.4) is 0 Å². The summed E-state index contributed by atoms with van der Waals surface area (Å²) in [5.41, 5.74) is 16.8. The van der Waals surface area contributed by atoms with E-state index >= 15 is 0 Å². The van der Waals surface area contributed by atoms with Crippen molar-refractivity contribution < 1.29 is 0 Å². The highest BCUT2D eigenvalue weighted by Crippen LogP contribution is 2.40. The number of H-pyrrole nitrogens is 1.